The summed E-state index contributed by atoms with van der Waals surface area (Å²) >= 11 is 0. The second kappa shape index (κ2) is 2.88. The Kier molecular flexibility index (Phi) is 2.10. The fourth-order valence-electron chi connectivity index (χ4n) is 0.905. The third-order valence-electron chi connectivity index (χ3n) is 1.41. The summed E-state index contributed by atoms with van der Waals surface area (Å²) in [5.41, 5.74) is 1.92. The molecule has 0 aromatic carbocycles. The maximum atomic E-state index is 4.24. The molecule has 0 bridgehead atoms. The van der Waals surface area contributed by atoms with Crippen LogP contribution in [0.25, 0.3) is 5.65 Å². The first-order chi connectivity index (χ1) is 4.86. The SMILES string of the molecule is Cc1ccn2cncc2n1.Cl. The van der Waals surface area contributed by atoms with E-state index in [0.29, 0.717) is 0 Å². The van der Waals surface area contributed by atoms with E-state index in [1.807, 2.05) is 23.6 Å². The minimum absolute atomic E-state index is 0. The minimum Gasteiger partial charge on any atom is -0.291 e. The van der Waals surface area contributed by atoms with Crippen molar-refractivity contribution in [1.29, 1.82) is 0 Å². The summed E-state index contributed by atoms with van der Waals surface area (Å²) in [4.78, 5) is 8.18. The number of aromatic nitrogens is 3. The highest BCUT2D eigenvalue weighted by Crippen LogP contribution is 1.98. The van der Waals surface area contributed by atoms with Gasteiger partial charge in [0.2, 0.25) is 0 Å². The predicted octanol–water partition coefficient (Wildman–Crippen LogP) is 1.46. The van der Waals surface area contributed by atoms with Gasteiger partial charge in [0.15, 0.2) is 5.65 Å². The Morgan fingerprint density at radius 1 is 1.45 bits per heavy atom. The zero-order valence-electron chi connectivity index (χ0n) is 6.06. The molecule has 2 heterocycles. The van der Waals surface area contributed by atoms with Gasteiger partial charge in [0.05, 0.1) is 6.20 Å². The van der Waals surface area contributed by atoms with E-state index in [-0.39, 0.29) is 12.4 Å². The van der Waals surface area contributed by atoms with Crippen molar-refractivity contribution in [3.8, 4) is 0 Å². The molecule has 3 nitrogen and oxygen atoms in total. The first-order valence-corrected chi connectivity index (χ1v) is 3.11. The highest BCUT2D eigenvalue weighted by atomic mass is 35.5. The lowest BCUT2D eigenvalue weighted by Gasteiger charge is -1.91. The molecule has 0 aliphatic heterocycles. The summed E-state index contributed by atoms with van der Waals surface area (Å²) in [7, 11) is 0. The Labute approximate surface area is 70.5 Å². The molecule has 2 aromatic rings. The Hall–Kier alpha value is -1.09. The van der Waals surface area contributed by atoms with Crippen LogP contribution >= 0.6 is 12.4 Å². The van der Waals surface area contributed by atoms with E-state index in [1.165, 1.54) is 0 Å². The molecule has 0 atom stereocenters. The van der Waals surface area contributed by atoms with Crippen molar-refractivity contribution in [1.82, 2.24) is 14.4 Å². The highest BCUT2D eigenvalue weighted by molar-refractivity contribution is 5.85. The van der Waals surface area contributed by atoms with Gasteiger partial charge in [-0.2, -0.15) is 0 Å². The molecule has 0 N–H and O–H groups in total. The van der Waals surface area contributed by atoms with Crippen molar-refractivity contribution in [2.24, 2.45) is 0 Å². The Bertz CT molecular complexity index is 355. The fraction of sp³-hybridized carbons (Fsp3) is 0.143. The van der Waals surface area contributed by atoms with Crippen molar-refractivity contribution < 1.29 is 0 Å². The summed E-state index contributed by atoms with van der Waals surface area (Å²) < 4.78 is 1.88. The number of rotatable bonds is 0. The number of fused-ring (bicyclic) bond motifs is 1. The summed E-state index contributed by atoms with van der Waals surface area (Å²) in [6.45, 7) is 1.97. The molecule has 11 heavy (non-hydrogen) atoms. The van der Waals surface area contributed by atoms with Gasteiger partial charge < -0.3 is 0 Å². The number of imidazole rings is 1. The normalized spacial score (nSPS) is 9.55. The number of halogens is 1. The molecule has 0 saturated carbocycles. The largest absolute Gasteiger partial charge is 0.291 e. The van der Waals surface area contributed by atoms with Crippen molar-refractivity contribution in [3.63, 3.8) is 0 Å². The molecule has 0 radical (unpaired) electrons. The van der Waals surface area contributed by atoms with Gasteiger partial charge in [0.25, 0.3) is 0 Å². The van der Waals surface area contributed by atoms with Crippen molar-refractivity contribution in [2.75, 3.05) is 0 Å². The molecule has 2 rings (SSSR count). The molecular formula is C7H8ClN3. The van der Waals surface area contributed by atoms with Gasteiger partial charge >= 0.3 is 0 Å². The fourth-order valence-corrected chi connectivity index (χ4v) is 0.905. The van der Waals surface area contributed by atoms with Crippen LogP contribution in [0.3, 0.4) is 0 Å². The summed E-state index contributed by atoms with van der Waals surface area (Å²) in [5.74, 6) is 0. The third kappa shape index (κ3) is 1.33. The van der Waals surface area contributed by atoms with Crippen LogP contribution in [-0.4, -0.2) is 14.4 Å². The Morgan fingerprint density at radius 3 is 3.09 bits per heavy atom. The van der Waals surface area contributed by atoms with Crippen molar-refractivity contribution in [2.45, 2.75) is 6.92 Å². The second-order valence-electron chi connectivity index (χ2n) is 2.23. The van der Waals surface area contributed by atoms with Crippen LogP contribution in [0.4, 0.5) is 0 Å². The first-order valence-electron chi connectivity index (χ1n) is 3.11. The van der Waals surface area contributed by atoms with Gasteiger partial charge in [0.1, 0.15) is 6.33 Å². The second-order valence-corrected chi connectivity index (χ2v) is 2.23. The topological polar surface area (TPSA) is 30.2 Å². The molecule has 4 heteroatoms. The van der Waals surface area contributed by atoms with Crippen LogP contribution in [0.5, 0.6) is 0 Å². The lowest BCUT2D eigenvalue weighted by molar-refractivity contribution is 1.08. The van der Waals surface area contributed by atoms with E-state index < -0.39 is 0 Å². The van der Waals surface area contributed by atoms with Gasteiger partial charge in [-0.05, 0) is 13.0 Å². The Morgan fingerprint density at radius 2 is 2.27 bits per heavy atom. The molecule has 0 unspecified atom stereocenters. The zero-order chi connectivity index (χ0) is 6.97. The smallest absolute Gasteiger partial charge is 0.156 e. The molecule has 0 saturated heterocycles. The van der Waals surface area contributed by atoms with Gasteiger partial charge in [-0.3, -0.25) is 4.40 Å². The van der Waals surface area contributed by atoms with E-state index >= 15 is 0 Å². The molecule has 0 amide bonds. The van der Waals surface area contributed by atoms with E-state index in [4.69, 9.17) is 0 Å². The summed E-state index contributed by atoms with van der Waals surface area (Å²) in [6, 6.07) is 1.95. The van der Waals surface area contributed by atoms with Crippen LogP contribution in [0.1, 0.15) is 5.69 Å². The number of nitrogens with zero attached hydrogens (tertiary/aromatic N) is 3. The monoisotopic (exact) mass is 169 g/mol. The average Bonchev–Trinajstić information content (AvgIpc) is 2.33. The van der Waals surface area contributed by atoms with Crippen LogP contribution in [0.15, 0.2) is 24.8 Å². The molecule has 58 valence electrons. The molecular weight excluding hydrogens is 162 g/mol. The van der Waals surface area contributed by atoms with E-state index in [1.54, 1.807) is 12.5 Å². The van der Waals surface area contributed by atoms with Crippen molar-refractivity contribution >= 4 is 18.1 Å². The summed E-state index contributed by atoms with van der Waals surface area (Å²) in [6.07, 6.45) is 5.43. The quantitative estimate of drug-likeness (QED) is 0.598. The maximum Gasteiger partial charge on any atom is 0.156 e. The van der Waals surface area contributed by atoms with Gasteiger partial charge in [-0.15, -0.1) is 12.4 Å². The van der Waals surface area contributed by atoms with E-state index in [9.17, 15) is 0 Å². The standard InChI is InChI=1S/C7H7N3.ClH/c1-6-2-3-10-5-8-4-7(10)9-6;/h2-5H,1H3;1H. The lowest BCUT2D eigenvalue weighted by Crippen LogP contribution is -1.86. The van der Waals surface area contributed by atoms with Gasteiger partial charge in [-0.25, -0.2) is 9.97 Å². The third-order valence-corrected chi connectivity index (χ3v) is 1.41. The highest BCUT2D eigenvalue weighted by Gasteiger charge is 1.91. The zero-order valence-corrected chi connectivity index (χ0v) is 6.88. The number of hydrogen-bond acceptors (Lipinski definition) is 2. The number of aryl methyl sites for hydroxylation is 1. The predicted molar refractivity (Wildman–Crippen MR) is 45.0 cm³/mol. The molecule has 0 spiro atoms. The number of hydrogen-bond donors (Lipinski definition) is 0. The van der Waals surface area contributed by atoms with Crippen LogP contribution in [-0.2, 0) is 0 Å². The van der Waals surface area contributed by atoms with Gasteiger partial charge in [-0.1, -0.05) is 0 Å². The van der Waals surface area contributed by atoms with Crippen molar-refractivity contribution in [3.05, 3.63) is 30.5 Å². The summed E-state index contributed by atoms with van der Waals surface area (Å²) in [5, 5.41) is 0. The Balaban J connectivity index is 0.000000605. The molecule has 0 aliphatic rings. The molecule has 0 aliphatic carbocycles. The first kappa shape index (κ1) is 8.01. The minimum atomic E-state index is 0. The lowest BCUT2D eigenvalue weighted by atomic mass is 10.4. The molecule has 2 aromatic heterocycles. The van der Waals surface area contributed by atoms with Crippen LogP contribution in [0.2, 0.25) is 0 Å². The van der Waals surface area contributed by atoms with Gasteiger partial charge in [0, 0.05) is 11.9 Å². The average molecular weight is 170 g/mol. The van der Waals surface area contributed by atoms with E-state index in [0.717, 1.165) is 11.3 Å². The molecule has 0 fully saturated rings. The maximum absolute atomic E-state index is 4.24. The van der Waals surface area contributed by atoms with Crippen LogP contribution < -0.4 is 0 Å². The van der Waals surface area contributed by atoms with Crippen LogP contribution in [0, 0.1) is 6.92 Å². The van der Waals surface area contributed by atoms with E-state index in [2.05, 4.69) is 9.97 Å².